The first-order chi connectivity index (χ1) is 5.02. The van der Waals surface area contributed by atoms with Crippen LogP contribution in [0.3, 0.4) is 0 Å². The molecule has 0 aliphatic heterocycles. The van der Waals surface area contributed by atoms with Crippen LogP contribution < -0.4 is 0 Å². The highest BCUT2D eigenvalue weighted by atomic mass is 16.1. The van der Waals surface area contributed by atoms with Crippen LogP contribution in [0.4, 0.5) is 0 Å². The third kappa shape index (κ3) is 2.04. The Labute approximate surface area is 67.8 Å². The largest absolute Gasteiger partial charge is 0.295 e. The lowest BCUT2D eigenvalue weighted by Crippen LogP contribution is -2.11. The molecule has 0 heterocycles. The highest BCUT2D eigenvalue weighted by Gasteiger charge is 2.28. The summed E-state index contributed by atoms with van der Waals surface area (Å²) in [6, 6.07) is 0. The van der Waals surface area contributed by atoms with Gasteiger partial charge in [-0.1, -0.05) is 18.6 Å². The minimum Gasteiger partial charge on any atom is -0.295 e. The molecule has 0 spiro atoms. The van der Waals surface area contributed by atoms with E-state index in [-0.39, 0.29) is 11.2 Å². The van der Waals surface area contributed by atoms with E-state index < -0.39 is 0 Å². The topological polar surface area (TPSA) is 17.1 Å². The molecule has 1 rings (SSSR count). The van der Waals surface area contributed by atoms with Crippen molar-refractivity contribution in [1.29, 1.82) is 0 Å². The van der Waals surface area contributed by atoms with Gasteiger partial charge in [-0.2, -0.15) is 0 Å². The van der Waals surface area contributed by atoms with Gasteiger partial charge in [0, 0.05) is 6.42 Å². The lowest BCUT2D eigenvalue weighted by molar-refractivity contribution is -0.115. The zero-order valence-corrected chi connectivity index (χ0v) is 7.18. The summed E-state index contributed by atoms with van der Waals surface area (Å²) in [6.07, 6.45) is 5.27. The van der Waals surface area contributed by atoms with Gasteiger partial charge in [0.15, 0.2) is 5.78 Å². The molecule has 1 unspecified atom stereocenters. The molecule has 60 valence electrons. The predicted octanol–water partition coefficient (Wildman–Crippen LogP) is 2.49. The minimum absolute atomic E-state index is 0.0584. The van der Waals surface area contributed by atoms with E-state index in [0.717, 1.165) is 12.0 Å². The molecule has 1 nitrogen and oxygen atoms in total. The molecule has 0 saturated heterocycles. The third-order valence-electron chi connectivity index (χ3n) is 1.96. The van der Waals surface area contributed by atoms with Crippen LogP contribution in [0.1, 0.15) is 26.7 Å². The van der Waals surface area contributed by atoms with E-state index >= 15 is 0 Å². The second kappa shape index (κ2) is 2.65. The Morgan fingerprint density at radius 3 is 2.82 bits per heavy atom. The minimum atomic E-state index is 0.0584. The number of rotatable bonds is 2. The number of ketones is 1. The van der Waals surface area contributed by atoms with Crippen molar-refractivity contribution >= 4 is 5.78 Å². The highest BCUT2D eigenvalue weighted by molar-refractivity contribution is 5.93. The maximum absolute atomic E-state index is 10.9. The molecule has 0 amide bonds. The Balaban J connectivity index is 2.63. The fourth-order valence-corrected chi connectivity index (χ4v) is 1.62. The van der Waals surface area contributed by atoms with Crippen LogP contribution in [0.2, 0.25) is 0 Å². The molecular weight excluding hydrogens is 136 g/mol. The first kappa shape index (κ1) is 8.25. The Hall–Kier alpha value is -0.850. The van der Waals surface area contributed by atoms with Gasteiger partial charge in [0.05, 0.1) is 0 Å². The zero-order valence-electron chi connectivity index (χ0n) is 7.18. The van der Waals surface area contributed by atoms with Crippen LogP contribution >= 0.6 is 0 Å². The molecule has 1 aliphatic carbocycles. The summed E-state index contributed by atoms with van der Waals surface area (Å²) < 4.78 is 0. The summed E-state index contributed by atoms with van der Waals surface area (Å²) in [5.74, 6) is 0.244. The number of hydrogen-bond donors (Lipinski definition) is 0. The van der Waals surface area contributed by atoms with Crippen molar-refractivity contribution in [2.24, 2.45) is 5.41 Å². The number of carbonyl (C=O) groups is 1. The summed E-state index contributed by atoms with van der Waals surface area (Å²) in [5, 5.41) is 0. The van der Waals surface area contributed by atoms with Gasteiger partial charge in [-0.15, -0.1) is 6.58 Å². The lowest BCUT2D eigenvalue weighted by atomic mass is 9.84. The molecule has 0 radical (unpaired) electrons. The first-order valence-corrected chi connectivity index (χ1v) is 3.88. The fourth-order valence-electron chi connectivity index (χ4n) is 1.62. The quantitative estimate of drug-likeness (QED) is 0.553. The Kier molecular flexibility index (Phi) is 1.99. The van der Waals surface area contributed by atoms with Gasteiger partial charge in [-0.25, -0.2) is 0 Å². The molecular formula is C10H14O. The molecule has 0 aromatic carbocycles. The molecule has 1 atom stereocenters. The standard InChI is InChI=1S/C10H14O/c1-8(2)6-10(3)5-4-9(11)7-10/h4-5H,1,6-7H2,2-3H3. The molecule has 0 fully saturated rings. The first-order valence-electron chi connectivity index (χ1n) is 3.88. The SMILES string of the molecule is C=C(C)CC1(C)C=CC(=O)C1. The Morgan fingerprint density at radius 2 is 2.45 bits per heavy atom. The van der Waals surface area contributed by atoms with E-state index in [4.69, 9.17) is 0 Å². The Bertz CT molecular complexity index is 225. The van der Waals surface area contributed by atoms with Gasteiger partial charge < -0.3 is 0 Å². The van der Waals surface area contributed by atoms with Gasteiger partial charge in [0.25, 0.3) is 0 Å². The van der Waals surface area contributed by atoms with Crippen LogP contribution in [0.25, 0.3) is 0 Å². The molecule has 0 saturated carbocycles. The molecule has 0 bridgehead atoms. The van der Waals surface area contributed by atoms with Crippen molar-refractivity contribution in [1.82, 2.24) is 0 Å². The highest BCUT2D eigenvalue weighted by Crippen LogP contribution is 2.35. The molecule has 1 aliphatic rings. The molecule has 0 aromatic rings. The fraction of sp³-hybridized carbons (Fsp3) is 0.500. The van der Waals surface area contributed by atoms with Crippen LogP contribution in [-0.2, 0) is 4.79 Å². The van der Waals surface area contributed by atoms with Gasteiger partial charge in [0.2, 0.25) is 0 Å². The van der Waals surface area contributed by atoms with Crippen LogP contribution in [0.15, 0.2) is 24.3 Å². The van der Waals surface area contributed by atoms with Crippen molar-refractivity contribution in [3.63, 3.8) is 0 Å². The van der Waals surface area contributed by atoms with Crippen molar-refractivity contribution in [3.8, 4) is 0 Å². The van der Waals surface area contributed by atoms with Gasteiger partial charge in [0.1, 0.15) is 0 Å². The summed E-state index contributed by atoms with van der Waals surface area (Å²) in [7, 11) is 0. The van der Waals surface area contributed by atoms with Crippen molar-refractivity contribution < 1.29 is 4.79 Å². The van der Waals surface area contributed by atoms with E-state index in [1.807, 2.05) is 13.0 Å². The van der Waals surface area contributed by atoms with Crippen LogP contribution in [0.5, 0.6) is 0 Å². The average molecular weight is 150 g/mol. The number of hydrogen-bond acceptors (Lipinski definition) is 1. The molecule has 0 N–H and O–H groups in total. The van der Waals surface area contributed by atoms with Crippen LogP contribution in [0, 0.1) is 5.41 Å². The van der Waals surface area contributed by atoms with Crippen LogP contribution in [-0.4, -0.2) is 5.78 Å². The summed E-state index contributed by atoms with van der Waals surface area (Å²) in [4.78, 5) is 10.9. The second-order valence-electron chi connectivity index (χ2n) is 3.76. The summed E-state index contributed by atoms with van der Waals surface area (Å²) >= 11 is 0. The predicted molar refractivity (Wildman–Crippen MR) is 46.3 cm³/mol. The smallest absolute Gasteiger partial charge is 0.156 e. The van der Waals surface area contributed by atoms with Gasteiger partial charge in [-0.05, 0) is 24.8 Å². The Morgan fingerprint density at radius 1 is 1.82 bits per heavy atom. The number of allylic oxidation sites excluding steroid dienone is 3. The molecule has 11 heavy (non-hydrogen) atoms. The van der Waals surface area contributed by atoms with E-state index in [2.05, 4.69) is 13.5 Å². The van der Waals surface area contributed by atoms with E-state index in [1.165, 1.54) is 0 Å². The second-order valence-corrected chi connectivity index (χ2v) is 3.76. The summed E-state index contributed by atoms with van der Waals surface area (Å²) in [5.41, 5.74) is 1.20. The molecule has 1 heteroatoms. The third-order valence-corrected chi connectivity index (χ3v) is 1.96. The van der Waals surface area contributed by atoms with Crippen molar-refractivity contribution in [3.05, 3.63) is 24.3 Å². The maximum Gasteiger partial charge on any atom is 0.156 e. The molecule has 0 aromatic heterocycles. The van der Waals surface area contributed by atoms with Gasteiger partial charge in [-0.3, -0.25) is 4.79 Å². The van der Waals surface area contributed by atoms with E-state index in [0.29, 0.717) is 6.42 Å². The maximum atomic E-state index is 10.9. The monoisotopic (exact) mass is 150 g/mol. The average Bonchev–Trinajstić information content (AvgIpc) is 2.08. The van der Waals surface area contributed by atoms with E-state index in [9.17, 15) is 4.79 Å². The summed E-state index contributed by atoms with van der Waals surface area (Å²) in [6.45, 7) is 7.95. The normalized spacial score (nSPS) is 29.5. The van der Waals surface area contributed by atoms with Gasteiger partial charge >= 0.3 is 0 Å². The lowest BCUT2D eigenvalue weighted by Gasteiger charge is -2.20. The number of carbonyl (C=O) groups excluding carboxylic acids is 1. The van der Waals surface area contributed by atoms with Crippen molar-refractivity contribution in [2.75, 3.05) is 0 Å². The van der Waals surface area contributed by atoms with Crippen molar-refractivity contribution in [2.45, 2.75) is 26.7 Å². The zero-order chi connectivity index (χ0) is 8.48. The van der Waals surface area contributed by atoms with E-state index in [1.54, 1.807) is 6.08 Å².